The maximum Gasteiger partial charge on any atom is 0.135 e. The summed E-state index contributed by atoms with van der Waals surface area (Å²) in [5.41, 5.74) is 0. The Hall–Kier alpha value is -0.120. The largest absolute Gasteiger partial charge is 0.354 e. The van der Waals surface area contributed by atoms with Crippen LogP contribution in [-0.2, 0) is 4.74 Å². The van der Waals surface area contributed by atoms with E-state index in [4.69, 9.17) is 4.74 Å². The molecule has 3 unspecified atom stereocenters. The van der Waals surface area contributed by atoms with Crippen molar-refractivity contribution in [2.75, 3.05) is 20.1 Å². The van der Waals surface area contributed by atoms with Gasteiger partial charge in [0.05, 0.1) is 6.10 Å². The quantitative estimate of drug-likeness (QED) is 0.571. The Bertz CT molecular complexity index is 151. The summed E-state index contributed by atoms with van der Waals surface area (Å²) in [5, 5.41) is 3.47. The van der Waals surface area contributed by atoms with Crippen molar-refractivity contribution in [3.63, 3.8) is 0 Å². The average molecular weight is 156 g/mol. The lowest BCUT2D eigenvalue weighted by atomic mass is 10.2. The molecule has 2 fully saturated rings. The molecule has 64 valence electrons. The molecule has 2 rings (SSSR count). The molecule has 3 nitrogen and oxygen atoms in total. The van der Waals surface area contributed by atoms with Crippen LogP contribution in [0.3, 0.4) is 0 Å². The Labute approximate surface area is 67.7 Å². The number of nitrogens with one attached hydrogen (secondary N) is 1. The molecule has 3 atom stereocenters. The van der Waals surface area contributed by atoms with Crippen LogP contribution < -0.4 is 5.32 Å². The summed E-state index contributed by atoms with van der Waals surface area (Å²) >= 11 is 0. The zero-order valence-electron chi connectivity index (χ0n) is 7.21. The van der Waals surface area contributed by atoms with Crippen molar-refractivity contribution in [2.24, 2.45) is 0 Å². The normalized spacial score (nSPS) is 44.7. The van der Waals surface area contributed by atoms with E-state index in [9.17, 15) is 0 Å². The van der Waals surface area contributed by atoms with Gasteiger partial charge in [-0.1, -0.05) is 0 Å². The molecule has 11 heavy (non-hydrogen) atoms. The number of likely N-dealkylation sites (N-methyl/N-ethyl adjacent to an activating group) is 1. The lowest BCUT2D eigenvalue weighted by Crippen LogP contribution is -2.34. The summed E-state index contributed by atoms with van der Waals surface area (Å²) in [6.07, 6.45) is 2.07. The molecule has 0 aliphatic carbocycles. The van der Waals surface area contributed by atoms with Gasteiger partial charge in [0.25, 0.3) is 0 Å². The molecule has 0 bridgehead atoms. The van der Waals surface area contributed by atoms with E-state index >= 15 is 0 Å². The second-order valence-electron chi connectivity index (χ2n) is 3.68. The number of likely N-dealkylation sites (tertiary alicyclic amines) is 1. The zero-order chi connectivity index (χ0) is 7.84. The highest BCUT2D eigenvalue weighted by Gasteiger charge is 2.36. The molecular weight excluding hydrogens is 140 g/mol. The van der Waals surface area contributed by atoms with Gasteiger partial charge in [0, 0.05) is 12.6 Å². The van der Waals surface area contributed by atoms with Crippen molar-refractivity contribution >= 4 is 0 Å². The van der Waals surface area contributed by atoms with Gasteiger partial charge in [0.15, 0.2) is 0 Å². The fourth-order valence-electron chi connectivity index (χ4n) is 1.66. The van der Waals surface area contributed by atoms with Crippen molar-refractivity contribution in [1.82, 2.24) is 10.2 Å². The number of rotatable bonds is 2. The molecule has 0 saturated carbocycles. The number of ether oxygens (including phenoxy) is 1. The molecule has 2 saturated heterocycles. The summed E-state index contributed by atoms with van der Waals surface area (Å²) in [6.45, 7) is 4.50. The highest BCUT2D eigenvalue weighted by molar-refractivity contribution is 4.86. The fraction of sp³-hybridized carbons (Fsp3) is 1.00. The molecule has 0 aromatic rings. The minimum Gasteiger partial charge on any atom is -0.354 e. The third-order valence-corrected chi connectivity index (χ3v) is 2.50. The maximum absolute atomic E-state index is 5.28. The third-order valence-electron chi connectivity index (χ3n) is 2.50. The van der Waals surface area contributed by atoms with Crippen LogP contribution in [-0.4, -0.2) is 43.4 Å². The first-order valence-electron chi connectivity index (χ1n) is 4.36. The van der Waals surface area contributed by atoms with Gasteiger partial charge >= 0.3 is 0 Å². The third kappa shape index (κ3) is 1.72. The number of hydrogen-bond acceptors (Lipinski definition) is 3. The summed E-state index contributed by atoms with van der Waals surface area (Å²) in [6, 6.07) is 0.662. The molecular formula is C8H16N2O. The van der Waals surface area contributed by atoms with Gasteiger partial charge in [-0.25, -0.2) is 0 Å². The monoisotopic (exact) mass is 156 g/mol. The summed E-state index contributed by atoms with van der Waals surface area (Å²) in [5.74, 6) is 0. The molecule has 2 heterocycles. The van der Waals surface area contributed by atoms with E-state index in [-0.39, 0.29) is 0 Å². The van der Waals surface area contributed by atoms with Crippen molar-refractivity contribution in [1.29, 1.82) is 0 Å². The van der Waals surface area contributed by atoms with E-state index in [2.05, 4.69) is 24.2 Å². The van der Waals surface area contributed by atoms with Crippen molar-refractivity contribution < 1.29 is 4.74 Å². The Morgan fingerprint density at radius 3 is 2.73 bits per heavy atom. The van der Waals surface area contributed by atoms with Gasteiger partial charge in [0.2, 0.25) is 0 Å². The highest BCUT2D eigenvalue weighted by Crippen LogP contribution is 2.20. The topological polar surface area (TPSA) is 27.8 Å². The standard InChI is InChI=1S/C8H16N2O/c1-6-8(11-6)9-7-3-4-10(2)5-7/h6-9H,3-5H2,1-2H3. The Morgan fingerprint density at radius 2 is 2.27 bits per heavy atom. The molecule has 0 aromatic carbocycles. The Kier molecular flexibility index (Phi) is 1.87. The van der Waals surface area contributed by atoms with Gasteiger partial charge in [-0.2, -0.15) is 0 Å². The predicted molar refractivity (Wildman–Crippen MR) is 43.4 cm³/mol. The molecule has 0 aromatic heterocycles. The van der Waals surface area contributed by atoms with Crippen LogP contribution in [0.15, 0.2) is 0 Å². The van der Waals surface area contributed by atoms with Crippen LogP contribution in [0.25, 0.3) is 0 Å². The van der Waals surface area contributed by atoms with E-state index in [0.29, 0.717) is 18.4 Å². The van der Waals surface area contributed by atoms with E-state index in [0.717, 1.165) is 0 Å². The van der Waals surface area contributed by atoms with Crippen LogP contribution in [0.5, 0.6) is 0 Å². The molecule has 1 N–H and O–H groups in total. The second-order valence-corrected chi connectivity index (χ2v) is 3.68. The molecule has 0 radical (unpaired) electrons. The van der Waals surface area contributed by atoms with E-state index in [1.54, 1.807) is 0 Å². The van der Waals surface area contributed by atoms with Crippen LogP contribution >= 0.6 is 0 Å². The number of nitrogens with zero attached hydrogens (tertiary/aromatic N) is 1. The van der Waals surface area contributed by atoms with E-state index in [1.165, 1.54) is 19.5 Å². The Morgan fingerprint density at radius 1 is 1.55 bits per heavy atom. The van der Waals surface area contributed by atoms with Crippen molar-refractivity contribution in [2.45, 2.75) is 31.7 Å². The minimum absolute atomic E-state index is 0.353. The van der Waals surface area contributed by atoms with E-state index < -0.39 is 0 Å². The SMILES string of the molecule is CC1OC1NC1CCN(C)C1. The van der Waals surface area contributed by atoms with Crippen molar-refractivity contribution in [3.05, 3.63) is 0 Å². The summed E-state index contributed by atoms with van der Waals surface area (Å²) in [4.78, 5) is 2.35. The van der Waals surface area contributed by atoms with Crippen LogP contribution in [0.1, 0.15) is 13.3 Å². The van der Waals surface area contributed by atoms with Crippen LogP contribution in [0, 0.1) is 0 Å². The van der Waals surface area contributed by atoms with Crippen LogP contribution in [0.4, 0.5) is 0 Å². The van der Waals surface area contributed by atoms with Gasteiger partial charge < -0.3 is 9.64 Å². The lowest BCUT2D eigenvalue weighted by Gasteiger charge is -2.09. The molecule has 0 amide bonds. The highest BCUT2D eigenvalue weighted by atomic mass is 16.6. The summed E-state index contributed by atoms with van der Waals surface area (Å²) < 4.78 is 5.28. The smallest absolute Gasteiger partial charge is 0.135 e. The van der Waals surface area contributed by atoms with Gasteiger partial charge in [0.1, 0.15) is 6.23 Å². The van der Waals surface area contributed by atoms with Crippen molar-refractivity contribution in [3.8, 4) is 0 Å². The number of epoxide rings is 1. The van der Waals surface area contributed by atoms with Gasteiger partial charge in [-0.15, -0.1) is 0 Å². The first-order valence-corrected chi connectivity index (χ1v) is 4.36. The maximum atomic E-state index is 5.28. The second kappa shape index (κ2) is 2.73. The molecule has 3 heteroatoms. The first kappa shape index (κ1) is 7.53. The van der Waals surface area contributed by atoms with Gasteiger partial charge in [-0.05, 0) is 26.9 Å². The molecule has 0 spiro atoms. The fourth-order valence-corrected chi connectivity index (χ4v) is 1.66. The van der Waals surface area contributed by atoms with Gasteiger partial charge in [-0.3, -0.25) is 5.32 Å². The minimum atomic E-state index is 0.353. The summed E-state index contributed by atoms with van der Waals surface area (Å²) in [7, 11) is 2.17. The molecule has 2 aliphatic rings. The Balaban J connectivity index is 1.71. The first-order chi connectivity index (χ1) is 5.25. The predicted octanol–water partition coefficient (Wildman–Crippen LogP) is 0.0249. The lowest BCUT2D eigenvalue weighted by molar-refractivity contribution is 0.323. The zero-order valence-corrected chi connectivity index (χ0v) is 7.21. The average Bonchev–Trinajstić information content (AvgIpc) is 2.42. The van der Waals surface area contributed by atoms with E-state index in [1.807, 2.05) is 0 Å². The molecule has 2 aliphatic heterocycles. The van der Waals surface area contributed by atoms with Crippen LogP contribution in [0.2, 0.25) is 0 Å². The number of hydrogen-bond donors (Lipinski definition) is 1.